The van der Waals surface area contributed by atoms with Crippen molar-refractivity contribution < 1.29 is 9.59 Å². The molecule has 0 aromatic heterocycles. The molecule has 0 saturated carbocycles. The average molecular weight is 608 g/mol. The number of carbonyl (C=O) groups is 2. The van der Waals surface area contributed by atoms with Gasteiger partial charge in [0, 0.05) is 37.8 Å². The van der Waals surface area contributed by atoms with E-state index in [1.807, 2.05) is 47.9 Å². The Morgan fingerprint density at radius 2 is 1.55 bits per heavy atom. The average Bonchev–Trinajstić information content (AvgIpc) is 2.98. The van der Waals surface area contributed by atoms with E-state index in [1.165, 1.54) is 5.56 Å². The lowest BCUT2D eigenvalue weighted by atomic mass is 10.00. The molecule has 6 nitrogen and oxygen atoms in total. The summed E-state index contributed by atoms with van der Waals surface area (Å²) in [6.07, 6.45) is 2.07. The number of rotatable bonds is 7. The molecule has 0 N–H and O–H groups in total. The van der Waals surface area contributed by atoms with Crippen molar-refractivity contribution in [1.82, 2.24) is 19.6 Å². The maximum atomic E-state index is 13.8. The summed E-state index contributed by atoms with van der Waals surface area (Å²) >= 11 is 12.6. The Hall–Kier alpha value is -2.90. The normalized spacial score (nSPS) is 18.5. The molecule has 1 atom stereocenters. The zero-order chi connectivity index (χ0) is 29.8. The first-order valence-electron chi connectivity index (χ1n) is 14.8. The Balaban J connectivity index is 1.26. The van der Waals surface area contributed by atoms with Gasteiger partial charge in [0.25, 0.3) is 5.91 Å². The van der Waals surface area contributed by atoms with Crippen LogP contribution >= 0.6 is 23.2 Å². The lowest BCUT2D eigenvalue weighted by Gasteiger charge is -2.43. The number of nitrogens with zero attached hydrogens (tertiary/aromatic N) is 4. The maximum absolute atomic E-state index is 13.8. The second kappa shape index (κ2) is 13.6. The molecule has 2 aliphatic rings. The zero-order valence-electron chi connectivity index (χ0n) is 24.7. The molecule has 3 aromatic rings. The van der Waals surface area contributed by atoms with Crippen LogP contribution in [0.3, 0.4) is 0 Å². The molecule has 42 heavy (non-hydrogen) atoms. The van der Waals surface area contributed by atoms with Crippen LogP contribution in [0, 0.1) is 13.8 Å². The van der Waals surface area contributed by atoms with Crippen molar-refractivity contribution in [3.05, 3.63) is 105 Å². The number of likely N-dealkylation sites (N-methyl/N-ethyl adjacent to an activating group) is 1. The lowest BCUT2D eigenvalue weighted by molar-refractivity contribution is -0.137. The van der Waals surface area contributed by atoms with E-state index in [4.69, 9.17) is 23.2 Å². The Kier molecular flexibility index (Phi) is 9.89. The number of hydrogen-bond acceptors (Lipinski definition) is 4. The van der Waals surface area contributed by atoms with Gasteiger partial charge in [0.15, 0.2) is 0 Å². The molecule has 2 saturated heterocycles. The lowest BCUT2D eigenvalue weighted by Crippen LogP contribution is -2.55. The minimum Gasteiger partial charge on any atom is -0.334 e. The highest BCUT2D eigenvalue weighted by Gasteiger charge is 2.35. The van der Waals surface area contributed by atoms with Crippen molar-refractivity contribution in [2.24, 2.45) is 0 Å². The summed E-state index contributed by atoms with van der Waals surface area (Å²) in [5.41, 5.74) is 5.01. The Bertz CT molecular complexity index is 1390. The number of benzene rings is 3. The van der Waals surface area contributed by atoms with Crippen molar-refractivity contribution in [1.29, 1.82) is 0 Å². The summed E-state index contributed by atoms with van der Waals surface area (Å²) < 4.78 is 0. The van der Waals surface area contributed by atoms with E-state index in [1.54, 1.807) is 6.07 Å². The monoisotopic (exact) mass is 606 g/mol. The molecule has 0 aliphatic carbocycles. The van der Waals surface area contributed by atoms with Crippen LogP contribution < -0.4 is 0 Å². The molecule has 222 valence electrons. The molecular weight excluding hydrogens is 567 g/mol. The third-order valence-electron chi connectivity index (χ3n) is 8.60. The van der Waals surface area contributed by atoms with Gasteiger partial charge in [-0.15, -0.1) is 0 Å². The topological polar surface area (TPSA) is 47.1 Å². The molecular formula is C34H40Cl2N4O2. The van der Waals surface area contributed by atoms with Crippen LogP contribution in [0.1, 0.15) is 51.5 Å². The fourth-order valence-corrected chi connectivity index (χ4v) is 6.65. The highest BCUT2D eigenvalue weighted by Crippen LogP contribution is 2.32. The first kappa shape index (κ1) is 30.6. The molecule has 2 aliphatic heterocycles. The quantitative estimate of drug-likeness (QED) is 0.320. The second-order valence-corrected chi connectivity index (χ2v) is 12.6. The molecule has 0 spiro atoms. The summed E-state index contributed by atoms with van der Waals surface area (Å²) in [7, 11) is 2.06. The van der Waals surface area contributed by atoms with E-state index >= 15 is 0 Å². The highest BCUT2D eigenvalue weighted by atomic mass is 35.5. The molecule has 8 heteroatoms. The number of amides is 2. The summed E-state index contributed by atoms with van der Waals surface area (Å²) in [4.78, 5) is 35.9. The van der Waals surface area contributed by atoms with Gasteiger partial charge in [0.05, 0.1) is 22.6 Å². The van der Waals surface area contributed by atoms with Gasteiger partial charge in [-0.2, -0.15) is 0 Å². The third-order valence-corrected chi connectivity index (χ3v) is 9.34. The van der Waals surface area contributed by atoms with Crippen LogP contribution in [-0.4, -0.2) is 83.8 Å². The SMILES string of the molecule is Cc1cc(C)cc(C(=O)N2CCN(C(=O)CN(C)C3CCN(Cc4ccccc4)CC3)C(c3ccc(Cl)c(Cl)c3)C2)c1. The number of carbonyl (C=O) groups excluding carboxylic acids is 2. The number of halogens is 2. The minimum atomic E-state index is -0.308. The molecule has 1 unspecified atom stereocenters. The van der Waals surface area contributed by atoms with Gasteiger partial charge in [0.2, 0.25) is 5.91 Å². The summed E-state index contributed by atoms with van der Waals surface area (Å²) in [6, 6.07) is 22.1. The van der Waals surface area contributed by atoms with Gasteiger partial charge < -0.3 is 9.80 Å². The van der Waals surface area contributed by atoms with Crippen LogP contribution in [-0.2, 0) is 11.3 Å². The first-order valence-corrected chi connectivity index (χ1v) is 15.5. The van der Waals surface area contributed by atoms with Crippen molar-refractivity contribution in [3.8, 4) is 0 Å². The predicted molar refractivity (Wildman–Crippen MR) is 170 cm³/mol. The van der Waals surface area contributed by atoms with Crippen LogP contribution in [0.5, 0.6) is 0 Å². The molecule has 2 amide bonds. The van der Waals surface area contributed by atoms with E-state index in [-0.39, 0.29) is 17.9 Å². The molecule has 3 aromatic carbocycles. The van der Waals surface area contributed by atoms with E-state index < -0.39 is 0 Å². The van der Waals surface area contributed by atoms with E-state index in [2.05, 4.69) is 53.2 Å². The van der Waals surface area contributed by atoms with Crippen LogP contribution in [0.25, 0.3) is 0 Å². The summed E-state index contributed by atoms with van der Waals surface area (Å²) in [5.74, 6) is 0.0529. The summed E-state index contributed by atoms with van der Waals surface area (Å²) in [6.45, 7) is 8.69. The van der Waals surface area contributed by atoms with Gasteiger partial charge in [0.1, 0.15) is 0 Å². The first-order chi connectivity index (χ1) is 20.2. The van der Waals surface area contributed by atoms with Crippen molar-refractivity contribution >= 4 is 35.0 Å². The number of likely N-dealkylation sites (tertiary alicyclic amines) is 1. The Labute approximate surface area is 259 Å². The smallest absolute Gasteiger partial charge is 0.254 e. The standard InChI is InChI=1S/C34H40Cl2N4O2/c1-24-17-25(2)19-28(18-24)34(42)39-15-16-40(32(22-39)27-9-10-30(35)31(36)20-27)33(41)23-37(3)29-11-13-38(14-12-29)21-26-7-5-4-6-8-26/h4-10,17-20,29,32H,11-16,21-23H2,1-3H3. The molecule has 5 rings (SSSR count). The maximum Gasteiger partial charge on any atom is 0.254 e. The van der Waals surface area contributed by atoms with Gasteiger partial charge in [-0.05, 0) is 82.2 Å². The van der Waals surface area contributed by atoms with Crippen molar-refractivity contribution in [2.45, 2.75) is 45.3 Å². The van der Waals surface area contributed by atoms with Gasteiger partial charge in [-0.1, -0.05) is 76.8 Å². The molecule has 2 heterocycles. The van der Waals surface area contributed by atoms with Crippen molar-refractivity contribution in [2.75, 3.05) is 46.3 Å². The number of hydrogen-bond donors (Lipinski definition) is 0. The van der Waals surface area contributed by atoms with E-state index in [9.17, 15) is 9.59 Å². The fraction of sp³-hybridized carbons (Fsp3) is 0.412. The van der Waals surface area contributed by atoms with E-state index in [0.717, 1.165) is 49.2 Å². The van der Waals surface area contributed by atoms with Gasteiger partial charge in [-0.25, -0.2) is 0 Å². The van der Waals surface area contributed by atoms with Crippen LogP contribution in [0.2, 0.25) is 10.0 Å². The predicted octanol–water partition coefficient (Wildman–Crippen LogP) is 6.23. The zero-order valence-corrected chi connectivity index (χ0v) is 26.2. The number of aryl methyl sites for hydroxylation is 2. The fourth-order valence-electron chi connectivity index (χ4n) is 6.34. The number of piperidine rings is 1. The minimum absolute atomic E-state index is 0.0154. The Morgan fingerprint density at radius 3 is 2.21 bits per heavy atom. The molecule has 0 radical (unpaired) electrons. The van der Waals surface area contributed by atoms with Gasteiger partial charge >= 0.3 is 0 Å². The Morgan fingerprint density at radius 1 is 0.857 bits per heavy atom. The summed E-state index contributed by atoms with van der Waals surface area (Å²) in [5, 5.41) is 0.911. The van der Waals surface area contributed by atoms with Crippen LogP contribution in [0.4, 0.5) is 0 Å². The highest BCUT2D eigenvalue weighted by molar-refractivity contribution is 6.42. The molecule has 0 bridgehead atoms. The van der Waals surface area contributed by atoms with E-state index in [0.29, 0.717) is 47.8 Å². The van der Waals surface area contributed by atoms with Crippen molar-refractivity contribution in [3.63, 3.8) is 0 Å². The third kappa shape index (κ3) is 7.35. The van der Waals surface area contributed by atoms with Gasteiger partial charge in [-0.3, -0.25) is 19.4 Å². The van der Waals surface area contributed by atoms with Crippen LogP contribution in [0.15, 0.2) is 66.7 Å². The molecule has 2 fully saturated rings. The largest absolute Gasteiger partial charge is 0.334 e. The number of piperazine rings is 1. The second-order valence-electron chi connectivity index (χ2n) is 11.8.